The van der Waals surface area contributed by atoms with Gasteiger partial charge < -0.3 is 5.32 Å². The second-order valence-electron chi connectivity index (χ2n) is 5.61. The highest BCUT2D eigenvalue weighted by molar-refractivity contribution is 6.04. The Morgan fingerprint density at radius 1 is 0.880 bits per heavy atom. The molecule has 1 heterocycles. The molecule has 0 aliphatic heterocycles. The first kappa shape index (κ1) is 16.5. The third kappa shape index (κ3) is 3.61. The Morgan fingerprint density at radius 3 is 2.12 bits per heavy atom. The second kappa shape index (κ2) is 7.05. The Labute approximate surface area is 145 Å². The first-order valence-corrected chi connectivity index (χ1v) is 7.87. The standard InChI is InChI=1S/C20H17N3O2/c1-13-18(24)17(15-9-5-3-6-10-15)21-14(2)22-19(13)23-20(25)16-11-7-4-8-12-16/h3-12H,1-2H3,(H,23,25). The highest BCUT2D eigenvalue weighted by Gasteiger charge is 2.14. The van der Waals surface area contributed by atoms with Crippen LogP contribution in [0.1, 0.15) is 21.7 Å². The van der Waals surface area contributed by atoms with Gasteiger partial charge in [-0.05, 0) is 26.0 Å². The lowest BCUT2D eigenvalue weighted by Crippen LogP contribution is -2.16. The van der Waals surface area contributed by atoms with E-state index in [1.165, 1.54) is 0 Å². The smallest absolute Gasteiger partial charge is 0.256 e. The van der Waals surface area contributed by atoms with Crippen LogP contribution >= 0.6 is 0 Å². The SMILES string of the molecule is Cc1nc(NC(=O)c2ccccc2)c(C)c(=O)c(-c2ccccc2)n1. The summed E-state index contributed by atoms with van der Waals surface area (Å²) in [4.78, 5) is 33.8. The Kier molecular flexibility index (Phi) is 4.66. The largest absolute Gasteiger partial charge is 0.306 e. The van der Waals surface area contributed by atoms with Crippen molar-refractivity contribution in [2.75, 3.05) is 5.32 Å². The zero-order valence-electron chi connectivity index (χ0n) is 14.0. The summed E-state index contributed by atoms with van der Waals surface area (Å²) in [6.07, 6.45) is 0. The minimum atomic E-state index is -0.317. The van der Waals surface area contributed by atoms with Gasteiger partial charge in [-0.25, -0.2) is 9.97 Å². The first-order valence-electron chi connectivity index (χ1n) is 7.87. The molecule has 0 saturated carbocycles. The number of rotatable bonds is 3. The maximum absolute atomic E-state index is 12.8. The number of anilines is 1. The molecule has 1 amide bonds. The van der Waals surface area contributed by atoms with Crippen molar-refractivity contribution in [3.8, 4) is 11.3 Å². The van der Waals surface area contributed by atoms with E-state index in [0.29, 0.717) is 22.6 Å². The molecule has 1 aromatic heterocycles. The third-order valence-electron chi connectivity index (χ3n) is 3.77. The van der Waals surface area contributed by atoms with E-state index in [1.807, 2.05) is 36.4 Å². The first-order chi connectivity index (χ1) is 12.1. The predicted molar refractivity (Wildman–Crippen MR) is 97.6 cm³/mol. The van der Waals surface area contributed by atoms with Crippen LogP contribution in [0.3, 0.4) is 0 Å². The molecule has 25 heavy (non-hydrogen) atoms. The van der Waals surface area contributed by atoms with Gasteiger partial charge in [0.05, 0.1) is 0 Å². The van der Waals surface area contributed by atoms with Crippen LogP contribution < -0.4 is 10.7 Å². The van der Waals surface area contributed by atoms with Crippen molar-refractivity contribution >= 4 is 11.7 Å². The summed E-state index contributed by atoms with van der Waals surface area (Å²) in [6, 6.07) is 18.0. The van der Waals surface area contributed by atoms with Crippen LogP contribution in [0.5, 0.6) is 0 Å². The van der Waals surface area contributed by atoms with Crippen LogP contribution in [-0.2, 0) is 0 Å². The average Bonchev–Trinajstić information content (AvgIpc) is 2.75. The Bertz CT molecular complexity index is 971. The molecule has 3 aromatic rings. The number of carbonyl (C=O) groups excluding carboxylic acids is 1. The summed E-state index contributed by atoms with van der Waals surface area (Å²) in [6.45, 7) is 3.34. The van der Waals surface area contributed by atoms with Crippen molar-refractivity contribution in [1.82, 2.24) is 9.97 Å². The Hall–Kier alpha value is -3.34. The fourth-order valence-electron chi connectivity index (χ4n) is 2.45. The maximum atomic E-state index is 12.8. The fraction of sp³-hybridized carbons (Fsp3) is 0.100. The number of hydrogen-bond donors (Lipinski definition) is 1. The van der Waals surface area contributed by atoms with Gasteiger partial charge >= 0.3 is 0 Å². The third-order valence-corrected chi connectivity index (χ3v) is 3.77. The number of aromatic nitrogens is 2. The van der Waals surface area contributed by atoms with Crippen molar-refractivity contribution < 1.29 is 4.79 Å². The summed E-state index contributed by atoms with van der Waals surface area (Å²) >= 11 is 0. The van der Waals surface area contributed by atoms with Crippen molar-refractivity contribution in [2.45, 2.75) is 13.8 Å². The van der Waals surface area contributed by atoms with Gasteiger partial charge in [-0.15, -0.1) is 0 Å². The van der Waals surface area contributed by atoms with Crippen LogP contribution in [0.4, 0.5) is 5.82 Å². The zero-order chi connectivity index (χ0) is 17.8. The van der Waals surface area contributed by atoms with Gasteiger partial charge in [0.15, 0.2) is 0 Å². The van der Waals surface area contributed by atoms with Gasteiger partial charge in [0.1, 0.15) is 17.3 Å². The van der Waals surface area contributed by atoms with Gasteiger partial charge in [0, 0.05) is 16.7 Å². The van der Waals surface area contributed by atoms with E-state index in [2.05, 4.69) is 15.3 Å². The molecule has 0 radical (unpaired) electrons. The second-order valence-corrected chi connectivity index (χ2v) is 5.61. The van der Waals surface area contributed by atoms with E-state index in [1.54, 1.807) is 38.1 Å². The van der Waals surface area contributed by atoms with Gasteiger partial charge in [0.25, 0.3) is 5.91 Å². The number of carbonyl (C=O) groups is 1. The molecule has 2 aromatic carbocycles. The molecule has 0 saturated heterocycles. The fourth-order valence-corrected chi connectivity index (χ4v) is 2.45. The molecule has 0 unspecified atom stereocenters. The summed E-state index contributed by atoms with van der Waals surface area (Å²) in [7, 11) is 0. The normalized spacial score (nSPS) is 10.3. The molecule has 0 aliphatic rings. The maximum Gasteiger partial charge on any atom is 0.256 e. The molecule has 124 valence electrons. The van der Waals surface area contributed by atoms with Crippen LogP contribution in [0.25, 0.3) is 11.3 Å². The number of benzene rings is 2. The minimum Gasteiger partial charge on any atom is -0.306 e. The highest BCUT2D eigenvalue weighted by atomic mass is 16.1. The number of hydrogen-bond acceptors (Lipinski definition) is 4. The van der Waals surface area contributed by atoms with Crippen LogP contribution in [0.2, 0.25) is 0 Å². The highest BCUT2D eigenvalue weighted by Crippen LogP contribution is 2.16. The van der Waals surface area contributed by atoms with Crippen molar-refractivity contribution in [3.05, 3.63) is 87.8 Å². The van der Waals surface area contributed by atoms with E-state index in [4.69, 9.17) is 0 Å². The molecule has 0 aliphatic carbocycles. The van der Waals surface area contributed by atoms with E-state index >= 15 is 0 Å². The van der Waals surface area contributed by atoms with Crippen LogP contribution in [0, 0.1) is 13.8 Å². The van der Waals surface area contributed by atoms with Crippen LogP contribution in [0.15, 0.2) is 65.5 Å². The number of amides is 1. The average molecular weight is 331 g/mol. The van der Waals surface area contributed by atoms with Gasteiger partial charge in [0.2, 0.25) is 5.43 Å². The van der Waals surface area contributed by atoms with Crippen molar-refractivity contribution in [3.63, 3.8) is 0 Å². The molecule has 1 N–H and O–H groups in total. The lowest BCUT2D eigenvalue weighted by molar-refractivity contribution is 0.102. The molecular weight excluding hydrogens is 314 g/mol. The molecule has 0 fully saturated rings. The minimum absolute atomic E-state index is 0.228. The summed E-state index contributed by atoms with van der Waals surface area (Å²) < 4.78 is 0. The molecule has 0 spiro atoms. The number of nitrogens with zero attached hydrogens (tertiary/aromatic N) is 2. The van der Waals surface area contributed by atoms with E-state index in [9.17, 15) is 9.59 Å². The van der Waals surface area contributed by atoms with Crippen molar-refractivity contribution in [1.29, 1.82) is 0 Å². The molecule has 5 nitrogen and oxygen atoms in total. The molecule has 0 bridgehead atoms. The van der Waals surface area contributed by atoms with E-state index < -0.39 is 0 Å². The topological polar surface area (TPSA) is 72.0 Å². The lowest BCUT2D eigenvalue weighted by Gasteiger charge is -2.04. The molecule has 5 heteroatoms. The zero-order valence-corrected chi connectivity index (χ0v) is 14.0. The van der Waals surface area contributed by atoms with Gasteiger partial charge in [-0.3, -0.25) is 9.59 Å². The van der Waals surface area contributed by atoms with Gasteiger partial charge in [-0.2, -0.15) is 0 Å². The summed E-state index contributed by atoms with van der Waals surface area (Å²) in [5, 5.41) is 2.72. The Balaban J connectivity index is 2.06. The van der Waals surface area contributed by atoms with E-state index in [0.717, 1.165) is 5.56 Å². The Morgan fingerprint density at radius 2 is 1.48 bits per heavy atom. The number of aryl methyl sites for hydroxylation is 1. The van der Waals surface area contributed by atoms with Gasteiger partial charge in [-0.1, -0.05) is 48.5 Å². The predicted octanol–water partition coefficient (Wildman–Crippen LogP) is 3.37. The monoisotopic (exact) mass is 331 g/mol. The molecule has 3 rings (SSSR count). The van der Waals surface area contributed by atoms with Crippen LogP contribution in [-0.4, -0.2) is 15.9 Å². The summed E-state index contributed by atoms with van der Waals surface area (Å²) in [5.74, 6) is 0.320. The lowest BCUT2D eigenvalue weighted by atomic mass is 10.1. The number of nitrogens with one attached hydrogen (secondary N) is 1. The molecule has 0 atom stereocenters. The van der Waals surface area contributed by atoms with E-state index in [-0.39, 0.29) is 17.2 Å². The quantitative estimate of drug-likeness (QED) is 0.798. The summed E-state index contributed by atoms with van der Waals surface area (Å²) in [5.41, 5.74) is 1.63. The molecular formula is C20H17N3O2. The van der Waals surface area contributed by atoms with Crippen molar-refractivity contribution in [2.24, 2.45) is 0 Å².